The molecule has 2 unspecified atom stereocenters. The summed E-state index contributed by atoms with van der Waals surface area (Å²) >= 11 is 1.66. The Labute approximate surface area is 243 Å². The number of aliphatic hydroxyl groups is 1. The van der Waals surface area contributed by atoms with Gasteiger partial charge >= 0.3 is 5.97 Å². The minimum absolute atomic E-state index is 0.0958. The number of unbranched alkanes of at least 4 members (excludes halogenated alkanes) is 2. The number of fused-ring (bicyclic) bond motifs is 1. The summed E-state index contributed by atoms with van der Waals surface area (Å²) in [5, 5.41) is 9.28. The van der Waals surface area contributed by atoms with E-state index in [4.69, 9.17) is 4.74 Å². The SMILES string of the molecule is C=CCN(C(=O)C1N(CCCCCO)C(=O)[C@@H]2[C@@H](C(=O)OCC)[C@@]3(C)CCC12S3)c1ccc(N(CC)CC)cc1. The zero-order valence-electron chi connectivity index (χ0n) is 24.4. The topological polar surface area (TPSA) is 90.4 Å². The van der Waals surface area contributed by atoms with Gasteiger partial charge in [-0.3, -0.25) is 14.4 Å². The fraction of sp³-hybridized carbons (Fsp3) is 0.645. The van der Waals surface area contributed by atoms with E-state index in [-0.39, 0.29) is 31.0 Å². The Morgan fingerprint density at radius 2 is 1.80 bits per heavy atom. The van der Waals surface area contributed by atoms with Gasteiger partial charge in [-0.1, -0.05) is 6.08 Å². The summed E-state index contributed by atoms with van der Waals surface area (Å²) in [7, 11) is 0. The monoisotopic (exact) mass is 571 g/mol. The molecule has 8 nitrogen and oxygen atoms in total. The number of esters is 1. The molecule has 3 fully saturated rings. The molecule has 1 aromatic carbocycles. The second-order valence-electron chi connectivity index (χ2n) is 11.2. The molecular weight excluding hydrogens is 526 g/mol. The molecule has 2 amide bonds. The molecule has 5 atom stereocenters. The minimum atomic E-state index is -0.687. The largest absolute Gasteiger partial charge is 0.466 e. The number of hydrogen-bond donors (Lipinski definition) is 1. The Kier molecular flexibility index (Phi) is 9.55. The third-order valence-electron chi connectivity index (χ3n) is 8.98. The number of nitrogens with zero attached hydrogens (tertiary/aromatic N) is 3. The summed E-state index contributed by atoms with van der Waals surface area (Å²) in [4.78, 5) is 47.8. The summed E-state index contributed by atoms with van der Waals surface area (Å²) in [5.41, 5.74) is 1.86. The molecule has 1 spiro atoms. The maximum Gasteiger partial charge on any atom is 0.311 e. The Morgan fingerprint density at radius 3 is 2.40 bits per heavy atom. The van der Waals surface area contributed by atoms with Crippen LogP contribution in [0.15, 0.2) is 36.9 Å². The smallest absolute Gasteiger partial charge is 0.311 e. The minimum Gasteiger partial charge on any atom is -0.466 e. The average Bonchev–Trinajstić information content (AvgIpc) is 3.51. The van der Waals surface area contributed by atoms with Crippen LogP contribution in [0.2, 0.25) is 0 Å². The number of carbonyl (C=O) groups excluding carboxylic acids is 3. The van der Waals surface area contributed by atoms with Gasteiger partial charge in [-0.05, 0) is 84.1 Å². The van der Waals surface area contributed by atoms with Crippen molar-refractivity contribution < 1.29 is 24.2 Å². The lowest BCUT2D eigenvalue weighted by atomic mass is 9.66. The van der Waals surface area contributed by atoms with Gasteiger partial charge < -0.3 is 24.5 Å². The maximum atomic E-state index is 14.6. The highest BCUT2D eigenvalue weighted by Gasteiger charge is 2.77. The van der Waals surface area contributed by atoms with Crippen LogP contribution < -0.4 is 9.80 Å². The van der Waals surface area contributed by atoms with E-state index in [1.165, 1.54) is 0 Å². The first-order valence-electron chi connectivity index (χ1n) is 14.8. The molecular formula is C31H45N3O5S. The molecule has 2 bridgehead atoms. The normalized spacial score (nSPS) is 28.5. The van der Waals surface area contributed by atoms with Crippen LogP contribution in [0.25, 0.3) is 0 Å². The number of rotatable bonds is 14. The van der Waals surface area contributed by atoms with Crippen molar-refractivity contribution in [2.24, 2.45) is 11.8 Å². The molecule has 220 valence electrons. The highest BCUT2D eigenvalue weighted by atomic mass is 32.2. The Balaban J connectivity index is 1.73. The van der Waals surface area contributed by atoms with Crippen molar-refractivity contribution in [2.45, 2.75) is 75.3 Å². The molecule has 0 saturated carbocycles. The summed E-state index contributed by atoms with van der Waals surface area (Å²) < 4.78 is 4.36. The van der Waals surface area contributed by atoms with Gasteiger partial charge in [0.25, 0.3) is 5.91 Å². The van der Waals surface area contributed by atoms with E-state index in [2.05, 4.69) is 32.3 Å². The van der Waals surface area contributed by atoms with Crippen molar-refractivity contribution >= 4 is 40.9 Å². The molecule has 3 aliphatic rings. The van der Waals surface area contributed by atoms with Crippen molar-refractivity contribution in [3.8, 4) is 0 Å². The van der Waals surface area contributed by atoms with E-state index < -0.39 is 27.4 Å². The van der Waals surface area contributed by atoms with E-state index >= 15 is 0 Å². The van der Waals surface area contributed by atoms with Crippen LogP contribution >= 0.6 is 11.8 Å². The van der Waals surface area contributed by atoms with Crippen LogP contribution in [0.3, 0.4) is 0 Å². The lowest BCUT2D eigenvalue weighted by Gasteiger charge is -2.37. The maximum absolute atomic E-state index is 14.6. The van der Waals surface area contributed by atoms with E-state index in [9.17, 15) is 19.5 Å². The van der Waals surface area contributed by atoms with Crippen molar-refractivity contribution in [1.29, 1.82) is 0 Å². The molecule has 1 N–H and O–H groups in total. The number of amides is 2. The number of benzene rings is 1. The van der Waals surface area contributed by atoms with Gasteiger partial charge in [0.15, 0.2) is 0 Å². The van der Waals surface area contributed by atoms with E-state index in [1.54, 1.807) is 34.6 Å². The highest BCUT2D eigenvalue weighted by molar-refractivity contribution is 8.02. The van der Waals surface area contributed by atoms with E-state index in [1.807, 2.05) is 24.3 Å². The molecule has 0 radical (unpaired) electrons. The van der Waals surface area contributed by atoms with Gasteiger partial charge in [-0.2, -0.15) is 0 Å². The van der Waals surface area contributed by atoms with Gasteiger partial charge in [0.1, 0.15) is 6.04 Å². The number of thioether (sulfide) groups is 1. The van der Waals surface area contributed by atoms with Gasteiger partial charge in [-0.25, -0.2) is 0 Å². The second-order valence-corrected chi connectivity index (χ2v) is 13.1. The van der Waals surface area contributed by atoms with E-state index in [0.29, 0.717) is 32.4 Å². The Hall–Kier alpha value is -2.52. The Morgan fingerprint density at radius 1 is 1.12 bits per heavy atom. The van der Waals surface area contributed by atoms with E-state index in [0.717, 1.165) is 37.3 Å². The lowest BCUT2D eigenvalue weighted by molar-refractivity contribution is -0.155. The summed E-state index contributed by atoms with van der Waals surface area (Å²) in [6.45, 7) is 14.9. The fourth-order valence-corrected chi connectivity index (χ4v) is 9.48. The first-order chi connectivity index (χ1) is 19.2. The quantitative estimate of drug-likeness (QED) is 0.203. The van der Waals surface area contributed by atoms with Gasteiger partial charge in [-0.15, -0.1) is 18.3 Å². The second kappa shape index (κ2) is 12.6. The van der Waals surface area contributed by atoms with Crippen molar-refractivity contribution in [3.63, 3.8) is 0 Å². The van der Waals surface area contributed by atoms with Crippen LogP contribution in [-0.4, -0.2) is 82.7 Å². The Bertz CT molecular complexity index is 1090. The highest BCUT2D eigenvalue weighted by Crippen LogP contribution is 2.71. The number of hydrogen-bond acceptors (Lipinski definition) is 7. The van der Waals surface area contributed by atoms with Crippen LogP contribution in [0.4, 0.5) is 11.4 Å². The average molecular weight is 572 g/mol. The molecule has 1 aromatic rings. The molecule has 9 heteroatoms. The van der Waals surface area contributed by atoms with Crippen LogP contribution in [0.1, 0.15) is 59.8 Å². The van der Waals surface area contributed by atoms with Gasteiger partial charge in [0.05, 0.1) is 23.2 Å². The van der Waals surface area contributed by atoms with Gasteiger partial charge in [0.2, 0.25) is 5.91 Å². The van der Waals surface area contributed by atoms with Crippen molar-refractivity contribution in [2.75, 3.05) is 49.2 Å². The number of carbonyl (C=O) groups is 3. The first-order valence-corrected chi connectivity index (χ1v) is 15.6. The first kappa shape index (κ1) is 30.4. The van der Waals surface area contributed by atoms with Gasteiger partial charge in [0, 0.05) is 48.9 Å². The predicted molar refractivity (Wildman–Crippen MR) is 161 cm³/mol. The summed E-state index contributed by atoms with van der Waals surface area (Å²) in [6.07, 6.45) is 5.27. The molecule has 0 aliphatic carbocycles. The molecule has 4 rings (SSSR count). The summed E-state index contributed by atoms with van der Waals surface area (Å²) in [5.74, 6) is -1.74. The molecule has 3 aliphatic heterocycles. The van der Waals surface area contributed by atoms with Crippen molar-refractivity contribution in [1.82, 2.24) is 4.90 Å². The van der Waals surface area contributed by atoms with Crippen molar-refractivity contribution in [3.05, 3.63) is 36.9 Å². The fourth-order valence-electron chi connectivity index (χ4n) is 7.14. The predicted octanol–water partition coefficient (Wildman–Crippen LogP) is 4.26. The third kappa shape index (κ3) is 5.15. The third-order valence-corrected chi connectivity index (χ3v) is 11.0. The number of likely N-dealkylation sites (tertiary alicyclic amines) is 1. The number of aliphatic hydroxyl groups excluding tert-OH is 1. The number of anilines is 2. The van der Waals surface area contributed by atoms with Crippen LogP contribution in [-0.2, 0) is 19.1 Å². The lowest BCUT2D eigenvalue weighted by Crippen LogP contribution is -2.55. The molecule has 40 heavy (non-hydrogen) atoms. The standard InChI is InChI=1S/C31H45N3O5S/c1-6-19-33(23-15-13-22(14-16-23)32(7-2)8-3)28(37)26-31-18-17-30(5,40-31)25(29(38)39-9-4)24(31)27(36)34(26)20-11-10-12-21-35/h6,13-16,24-26,35H,1,7-12,17-21H2,2-5H3/t24-,25-,26?,30+,31?/m0/s1. The zero-order valence-corrected chi connectivity index (χ0v) is 25.3. The zero-order chi connectivity index (χ0) is 29.1. The summed E-state index contributed by atoms with van der Waals surface area (Å²) in [6, 6.07) is 7.32. The molecule has 3 heterocycles. The van der Waals surface area contributed by atoms with Crippen LogP contribution in [0.5, 0.6) is 0 Å². The van der Waals surface area contributed by atoms with Crippen LogP contribution in [0, 0.1) is 11.8 Å². The number of ether oxygens (including phenoxy) is 1. The molecule has 0 aromatic heterocycles. The molecule has 3 saturated heterocycles.